The minimum absolute atomic E-state index is 0.875. The SMILES string of the molecule is CCCNc1nnc(-c2sccc2C)c2ccccc12. The molecule has 0 saturated carbocycles. The normalized spacial score (nSPS) is 10.9. The maximum Gasteiger partial charge on any atom is 0.156 e. The Bertz CT molecular complexity index is 733. The number of nitrogens with zero attached hydrogens (tertiary/aromatic N) is 2. The molecule has 3 rings (SSSR count). The Kier molecular flexibility index (Phi) is 3.65. The van der Waals surface area contributed by atoms with Crippen molar-refractivity contribution in [1.29, 1.82) is 0 Å². The molecule has 0 fully saturated rings. The first-order chi connectivity index (χ1) is 9.81. The van der Waals surface area contributed by atoms with E-state index < -0.39 is 0 Å². The largest absolute Gasteiger partial charge is 0.368 e. The summed E-state index contributed by atoms with van der Waals surface area (Å²) < 4.78 is 0. The second-order valence-corrected chi connectivity index (χ2v) is 5.72. The molecule has 0 unspecified atom stereocenters. The standard InChI is InChI=1S/C16H17N3S/c1-3-9-17-16-13-7-5-4-6-12(13)14(18-19-16)15-11(2)8-10-20-15/h4-8,10H,3,9H2,1-2H3,(H,17,19). The second-order valence-electron chi connectivity index (χ2n) is 4.80. The van der Waals surface area contributed by atoms with Crippen LogP contribution >= 0.6 is 11.3 Å². The van der Waals surface area contributed by atoms with Crippen LogP contribution in [0.2, 0.25) is 0 Å². The molecule has 102 valence electrons. The number of aromatic nitrogens is 2. The van der Waals surface area contributed by atoms with E-state index >= 15 is 0 Å². The van der Waals surface area contributed by atoms with Gasteiger partial charge < -0.3 is 5.32 Å². The smallest absolute Gasteiger partial charge is 0.156 e. The highest BCUT2D eigenvalue weighted by Crippen LogP contribution is 2.34. The molecule has 0 aliphatic heterocycles. The van der Waals surface area contributed by atoms with Crippen molar-refractivity contribution < 1.29 is 0 Å². The maximum absolute atomic E-state index is 4.46. The minimum Gasteiger partial charge on any atom is -0.368 e. The molecule has 3 nitrogen and oxygen atoms in total. The fourth-order valence-corrected chi connectivity index (χ4v) is 3.19. The lowest BCUT2D eigenvalue weighted by Gasteiger charge is -2.10. The monoisotopic (exact) mass is 283 g/mol. The van der Waals surface area contributed by atoms with Crippen LogP contribution in [0.25, 0.3) is 21.3 Å². The summed E-state index contributed by atoms with van der Waals surface area (Å²) in [5.74, 6) is 0.875. The molecule has 0 atom stereocenters. The minimum atomic E-state index is 0.875. The van der Waals surface area contributed by atoms with Gasteiger partial charge >= 0.3 is 0 Å². The molecule has 1 N–H and O–H groups in total. The second kappa shape index (κ2) is 5.59. The third kappa shape index (κ3) is 2.27. The zero-order chi connectivity index (χ0) is 13.9. The molecule has 0 spiro atoms. The molecule has 1 aromatic carbocycles. The van der Waals surface area contributed by atoms with Crippen molar-refractivity contribution in [3.8, 4) is 10.6 Å². The number of benzene rings is 1. The van der Waals surface area contributed by atoms with Gasteiger partial charge in [-0.3, -0.25) is 0 Å². The van der Waals surface area contributed by atoms with Crippen LogP contribution in [0, 0.1) is 6.92 Å². The van der Waals surface area contributed by atoms with E-state index in [0.717, 1.165) is 35.2 Å². The molecule has 0 aliphatic rings. The summed E-state index contributed by atoms with van der Waals surface area (Å²) in [6.07, 6.45) is 1.07. The van der Waals surface area contributed by atoms with Crippen molar-refractivity contribution in [1.82, 2.24) is 10.2 Å². The Hall–Kier alpha value is -1.94. The molecule has 2 heterocycles. The Morgan fingerprint density at radius 1 is 1.10 bits per heavy atom. The van der Waals surface area contributed by atoms with E-state index in [1.165, 1.54) is 10.4 Å². The van der Waals surface area contributed by atoms with Gasteiger partial charge in [0.05, 0.1) is 4.88 Å². The van der Waals surface area contributed by atoms with Gasteiger partial charge in [0.2, 0.25) is 0 Å². The van der Waals surface area contributed by atoms with E-state index in [4.69, 9.17) is 0 Å². The Morgan fingerprint density at radius 2 is 1.90 bits per heavy atom. The predicted octanol–water partition coefficient (Wildman–Crippen LogP) is 4.49. The highest BCUT2D eigenvalue weighted by Gasteiger charge is 2.12. The molecule has 2 aromatic heterocycles. The summed E-state index contributed by atoms with van der Waals surface area (Å²) in [5, 5.41) is 16.6. The predicted molar refractivity (Wildman–Crippen MR) is 86.4 cm³/mol. The Balaban J connectivity index is 2.19. The number of fused-ring (bicyclic) bond motifs is 1. The van der Waals surface area contributed by atoms with Crippen LogP contribution in [0.5, 0.6) is 0 Å². The van der Waals surface area contributed by atoms with Crippen LogP contribution in [0.3, 0.4) is 0 Å². The van der Waals surface area contributed by atoms with E-state index in [1.807, 2.05) is 6.07 Å². The third-order valence-electron chi connectivity index (χ3n) is 3.31. The van der Waals surface area contributed by atoms with Crippen molar-refractivity contribution >= 4 is 27.9 Å². The first-order valence-corrected chi connectivity index (χ1v) is 7.73. The van der Waals surface area contributed by atoms with Crippen molar-refractivity contribution in [2.45, 2.75) is 20.3 Å². The molecular formula is C16H17N3S. The van der Waals surface area contributed by atoms with Crippen LogP contribution in [-0.2, 0) is 0 Å². The Labute approximate surface area is 122 Å². The van der Waals surface area contributed by atoms with Gasteiger partial charge in [-0.05, 0) is 30.4 Å². The number of thiophene rings is 1. The molecule has 4 heteroatoms. The van der Waals surface area contributed by atoms with Gasteiger partial charge in [-0.1, -0.05) is 31.2 Å². The van der Waals surface area contributed by atoms with Crippen molar-refractivity contribution in [3.63, 3.8) is 0 Å². The van der Waals surface area contributed by atoms with Crippen LogP contribution < -0.4 is 5.32 Å². The van der Waals surface area contributed by atoms with E-state index in [0.29, 0.717) is 0 Å². The molecule has 0 radical (unpaired) electrons. The van der Waals surface area contributed by atoms with E-state index in [1.54, 1.807) is 11.3 Å². The summed E-state index contributed by atoms with van der Waals surface area (Å²) >= 11 is 1.72. The Morgan fingerprint density at radius 3 is 2.60 bits per heavy atom. The molecule has 0 saturated heterocycles. The number of aryl methyl sites for hydroxylation is 1. The number of rotatable bonds is 4. The molecule has 0 bridgehead atoms. The fraction of sp³-hybridized carbons (Fsp3) is 0.250. The number of hydrogen-bond acceptors (Lipinski definition) is 4. The van der Waals surface area contributed by atoms with Gasteiger partial charge in [0.25, 0.3) is 0 Å². The van der Waals surface area contributed by atoms with Crippen LogP contribution in [-0.4, -0.2) is 16.7 Å². The van der Waals surface area contributed by atoms with Gasteiger partial charge in [-0.15, -0.1) is 21.5 Å². The summed E-state index contributed by atoms with van der Waals surface area (Å²) in [6.45, 7) is 5.17. The number of hydrogen-bond donors (Lipinski definition) is 1. The van der Waals surface area contributed by atoms with Crippen LogP contribution in [0.4, 0.5) is 5.82 Å². The van der Waals surface area contributed by atoms with Gasteiger partial charge in [-0.2, -0.15) is 0 Å². The average Bonchev–Trinajstić information content (AvgIpc) is 2.91. The van der Waals surface area contributed by atoms with E-state index in [9.17, 15) is 0 Å². The van der Waals surface area contributed by atoms with Gasteiger partial charge in [-0.25, -0.2) is 0 Å². The average molecular weight is 283 g/mol. The van der Waals surface area contributed by atoms with Crippen LogP contribution in [0.15, 0.2) is 35.7 Å². The molecule has 20 heavy (non-hydrogen) atoms. The molecular weight excluding hydrogens is 266 g/mol. The molecule has 3 aromatic rings. The quantitative estimate of drug-likeness (QED) is 0.766. The number of anilines is 1. The van der Waals surface area contributed by atoms with Crippen LogP contribution in [0.1, 0.15) is 18.9 Å². The lowest BCUT2D eigenvalue weighted by Crippen LogP contribution is -2.04. The highest BCUT2D eigenvalue weighted by atomic mass is 32.1. The first-order valence-electron chi connectivity index (χ1n) is 6.85. The van der Waals surface area contributed by atoms with Gasteiger partial charge in [0.1, 0.15) is 5.69 Å². The van der Waals surface area contributed by atoms with E-state index in [2.05, 4.69) is 59.0 Å². The summed E-state index contributed by atoms with van der Waals surface area (Å²) in [5.41, 5.74) is 2.24. The zero-order valence-corrected chi connectivity index (χ0v) is 12.5. The van der Waals surface area contributed by atoms with Crippen molar-refractivity contribution in [2.75, 3.05) is 11.9 Å². The zero-order valence-electron chi connectivity index (χ0n) is 11.7. The molecule has 0 amide bonds. The van der Waals surface area contributed by atoms with E-state index in [-0.39, 0.29) is 0 Å². The third-order valence-corrected chi connectivity index (χ3v) is 4.33. The molecule has 0 aliphatic carbocycles. The summed E-state index contributed by atoms with van der Waals surface area (Å²) in [6, 6.07) is 10.5. The van der Waals surface area contributed by atoms with Gasteiger partial charge in [0, 0.05) is 17.3 Å². The number of nitrogens with one attached hydrogen (secondary N) is 1. The van der Waals surface area contributed by atoms with Crippen molar-refractivity contribution in [3.05, 3.63) is 41.3 Å². The lowest BCUT2D eigenvalue weighted by molar-refractivity contribution is 0.953. The van der Waals surface area contributed by atoms with Crippen molar-refractivity contribution in [2.24, 2.45) is 0 Å². The highest BCUT2D eigenvalue weighted by molar-refractivity contribution is 7.13. The lowest BCUT2D eigenvalue weighted by atomic mass is 10.1. The van der Waals surface area contributed by atoms with Gasteiger partial charge in [0.15, 0.2) is 5.82 Å². The first kappa shape index (κ1) is 13.1. The summed E-state index contributed by atoms with van der Waals surface area (Å²) in [7, 11) is 0. The fourth-order valence-electron chi connectivity index (χ4n) is 2.26. The summed E-state index contributed by atoms with van der Waals surface area (Å²) in [4.78, 5) is 1.20. The topological polar surface area (TPSA) is 37.8 Å². The maximum atomic E-state index is 4.46.